The van der Waals surface area contributed by atoms with Crippen LogP contribution in [-0.2, 0) is 4.79 Å². The number of rotatable bonds is 12. The molecule has 2 fully saturated rings. The summed E-state index contributed by atoms with van der Waals surface area (Å²) in [7, 11) is 0. The van der Waals surface area contributed by atoms with Crippen LogP contribution in [0.15, 0.2) is 37.0 Å². The van der Waals surface area contributed by atoms with Gasteiger partial charge in [0.25, 0.3) is 0 Å². The van der Waals surface area contributed by atoms with Crippen LogP contribution in [0.1, 0.15) is 64.2 Å². The fraction of sp³-hybridized carbons (Fsp3) is 0.696. The van der Waals surface area contributed by atoms with E-state index in [0.29, 0.717) is 19.3 Å². The van der Waals surface area contributed by atoms with Crippen LogP contribution >= 0.6 is 11.6 Å². The van der Waals surface area contributed by atoms with Crippen LogP contribution in [0.4, 0.5) is 0 Å². The van der Waals surface area contributed by atoms with Crippen LogP contribution in [0.5, 0.6) is 0 Å². The van der Waals surface area contributed by atoms with Crippen LogP contribution in [0, 0.1) is 17.3 Å². The molecule has 4 nitrogen and oxygen atoms in total. The van der Waals surface area contributed by atoms with E-state index in [0.717, 1.165) is 32.1 Å². The molecule has 0 aromatic carbocycles. The predicted molar refractivity (Wildman–Crippen MR) is 113 cm³/mol. The molecular weight excluding hydrogens is 376 g/mol. The van der Waals surface area contributed by atoms with Crippen LogP contribution in [0.3, 0.4) is 0 Å². The fourth-order valence-corrected chi connectivity index (χ4v) is 5.07. The number of hydrogen-bond donors (Lipinski definition) is 3. The summed E-state index contributed by atoms with van der Waals surface area (Å²) in [5.74, 6) is -0.612. The number of aliphatic carboxylic acids is 1. The Morgan fingerprint density at radius 1 is 1.29 bits per heavy atom. The Morgan fingerprint density at radius 2 is 2.04 bits per heavy atom. The molecule has 0 bridgehead atoms. The highest BCUT2D eigenvalue weighted by molar-refractivity contribution is 6.21. The summed E-state index contributed by atoms with van der Waals surface area (Å²) in [4.78, 5) is 10.5. The molecule has 158 valence electrons. The Morgan fingerprint density at radius 3 is 2.64 bits per heavy atom. The van der Waals surface area contributed by atoms with Gasteiger partial charge in [0.1, 0.15) is 0 Å². The second-order valence-corrected chi connectivity index (χ2v) is 9.00. The topological polar surface area (TPSA) is 77.8 Å². The monoisotopic (exact) mass is 410 g/mol. The summed E-state index contributed by atoms with van der Waals surface area (Å²) in [5.41, 5.74) is -0.00646. The molecule has 5 heteroatoms. The van der Waals surface area contributed by atoms with Gasteiger partial charge in [-0.05, 0) is 57.3 Å². The molecule has 2 aliphatic carbocycles. The number of hydrogen-bond acceptors (Lipinski definition) is 3. The van der Waals surface area contributed by atoms with Gasteiger partial charge in [0.2, 0.25) is 0 Å². The number of unbranched alkanes of at least 4 members (excludes halogenated alkanes) is 1. The second kappa shape index (κ2) is 11.2. The number of alkyl halides is 1. The van der Waals surface area contributed by atoms with E-state index in [1.807, 2.05) is 24.3 Å². The number of carboxylic acid groups (broad SMARTS) is 1. The molecule has 5 atom stereocenters. The Labute approximate surface area is 174 Å². The molecule has 2 rings (SSSR count). The number of halogens is 1. The smallest absolute Gasteiger partial charge is 0.303 e. The SMILES string of the molecule is C=CCC1(C(O)C/C=C/C2C(O)CC(Cl)C2C/C=C\CCCC(=O)O)CCC1. The Bertz CT molecular complexity index is 567. The summed E-state index contributed by atoms with van der Waals surface area (Å²) in [6.45, 7) is 3.82. The van der Waals surface area contributed by atoms with Gasteiger partial charge in [-0.15, -0.1) is 18.2 Å². The lowest BCUT2D eigenvalue weighted by Gasteiger charge is -2.45. The third kappa shape index (κ3) is 6.20. The summed E-state index contributed by atoms with van der Waals surface area (Å²) in [6, 6.07) is 0. The highest BCUT2D eigenvalue weighted by Gasteiger charge is 2.42. The lowest BCUT2D eigenvalue weighted by Crippen LogP contribution is -2.40. The highest BCUT2D eigenvalue weighted by atomic mass is 35.5. The maximum Gasteiger partial charge on any atom is 0.303 e. The minimum Gasteiger partial charge on any atom is -0.481 e. The first-order chi connectivity index (χ1) is 13.4. The van der Waals surface area contributed by atoms with E-state index < -0.39 is 12.1 Å². The standard InChI is InChI=1S/C23H35ClO4/c1-2-13-23(14-8-15-23)21(26)11-7-10-18-17(19(24)16-20(18)25)9-5-3-4-6-12-22(27)28/h2-3,5,7,10,17-21,25-26H,1,4,6,8-9,11-16H2,(H,27,28)/b5-3-,10-7+. The molecule has 0 amide bonds. The van der Waals surface area contributed by atoms with Crippen molar-refractivity contribution in [1.82, 2.24) is 0 Å². The normalized spacial score (nSPS) is 30.5. The summed E-state index contributed by atoms with van der Waals surface area (Å²) in [5, 5.41) is 29.6. The van der Waals surface area contributed by atoms with E-state index in [4.69, 9.17) is 16.7 Å². The highest BCUT2D eigenvalue weighted by Crippen LogP contribution is 2.48. The van der Waals surface area contributed by atoms with E-state index in [9.17, 15) is 15.0 Å². The Balaban J connectivity index is 1.85. The van der Waals surface area contributed by atoms with Gasteiger partial charge in [-0.3, -0.25) is 4.79 Å². The average molecular weight is 411 g/mol. The number of allylic oxidation sites excluding steroid dienone is 3. The average Bonchev–Trinajstić information content (AvgIpc) is 2.87. The molecule has 0 radical (unpaired) electrons. The van der Waals surface area contributed by atoms with Crippen molar-refractivity contribution >= 4 is 17.6 Å². The molecule has 0 heterocycles. The van der Waals surface area contributed by atoms with Gasteiger partial charge in [-0.1, -0.05) is 36.8 Å². The zero-order valence-electron chi connectivity index (χ0n) is 16.7. The van der Waals surface area contributed by atoms with Crippen LogP contribution < -0.4 is 0 Å². The maximum absolute atomic E-state index is 10.6. The Hall–Kier alpha value is -1.10. The predicted octanol–water partition coefficient (Wildman–Crippen LogP) is 4.85. The first kappa shape index (κ1) is 23.2. The van der Waals surface area contributed by atoms with E-state index >= 15 is 0 Å². The Kier molecular flexibility index (Phi) is 9.26. The minimum atomic E-state index is -0.766. The quantitative estimate of drug-likeness (QED) is 0.244. The molecule has 28 heavy (non-hydrogen) atoms. The molecule has 3 N–H and O–H groups in total. The molecule has 0 aromatic heterocycles. The van der Waals surface area contributed by atoms with Crippen LogP contribution in [0.25, 0.3) is 0 Å². The first-order valence-electron chi connectivity index (χ1n) is 10.5. The van der Waals surface area contributed by atoms with Crippen molar-refractivity contribution < 1.29 is 20.1 Å². The molecule has 5 unspecified atom stereocenters. The van der Waals surface area contributed by atoms with Gasteiger partial charge in [0, 0.05) is 23.1 Å². The lowest BCUT2D eigenvalue weighted by molar-refractivity contribution is -0.137. The zero-order valence-corrected chi connectivity index (χ0v) is 17.4. The van der Waals surface area contributed by atoms with Gasteiger partial charge in [0.15, 0.2) is 0 Å². The van der Waals surface area contributed by atoms with Crippen molar-refractivity contribution in [2.45, 2.75) is 81.8 Å². The van der Waals surface area contributed by atoms with Crippen molar-refractivity contribution in [3.8, 4) is 0 Å². The number of aliphatic hydroxyl groups excluding tert-OH is 2. The van der Waals surface area contributed by atoms with Crippen molar-refractivity contribution in [3.63, 3.8) is 0 Å². The van der Waals surface area contributed by atoms with E-state index in [1.165, 1.54) is 6.42 Å². The van der Waals surface area contributed by atoms with Crippen LogP contribution in [0.2, 0.25) is 0 Å². The van der Waals surface area contributed by atoms with E-state index in [2.05, 4.69) is 12.7 Å². The summed E-state index contributed by atoms with van der Waals surface area (Å²) < 4.78 is 0. The minimum absolute atomic E-state index is 0.00452. The number of aliphatic hydroxyl groups is 2. The van der Waals surface area contributed by atoms with Crippen molar-refractivity contribution in [2.24, 2.45) is 17.3 Å². The first-order valence-corrected chi connectivity index (χ1v) is 11.0. The lowest BCUT2D eigenvalue weighted by atomic mass is 9.62. The molecule has 2 aliphatic rings. The molecule has 0 spiro atoms. The van der Waals surface area contributed by atoms with Crippen LogP contribution in [-0.4, -0.2) is 38.9 Å². The second-order valence-electron chi connectivity index (χ2n) is 8.44. The molecule has 0 saturated heterocycles. The molecule has 0 aromatic rings. The third-order valence-corrected chi connectivity index (χ3v) is 7.03. The van der Waals surface area contributed by atoms with Gasteiger partial charge < -0.3 is 15.3 Å². The van der Waals surface area contributed by atoms with Gasteiger partial charge in [-0.25, -0.2) is 0 Å². The molecule has 2 saturated carbocycles. The van der Waals surface area contributed by atoms with Gasteiger partial charge >= 0.3 is 5.97 Å². The summed E-state index contributed by atoms with van der Waals surface area (Å²) in [6.07, 6.45) is 16.9. The van der Waals surface area contributed by atoms with Gasteiger partial charge in [0.05, 0.1) is 12.2 Å². The zero-order chi connectivity index (χ0) is 20.6. The number of carbonyl (C=O) groups is 1. The fourth-order valence-electron chi connectivity index (χ4n) is 4.61. The maximum atomic E-state index is 10.6. The molecule has 0 aliphatic heterocycles. The van der Waals surface area contributed by atoms with E-state index in [-0.39, 0.29) is 35.2 Å². The van der Waals surface area contributed by atoms with Gasteiger partial charge in [-0.2, -0.15) is 0 Å². The molecular formula is C23H35ClO4. The van der Waals surface area contributed by atoms with Crippen molar-refractivity contribution in [1.29, 1.82) is 0 Å². The van der Waals surface area contributed by atoms with Crippen molar-refractivity contribution in [3.05, 3.63) is 37.0 Å². The summed E-state index contributed by atoms with van der Waals surface area (Å²) >= 11 is 6.47. The third-order valence-electron chi connectivity index (χ3n) is 6.53. The largest absolute Gasteiger partial charge is 0.481 e. The van der Waals surface area contributed by atoms with Crippen molar-refractivity contribution in [2.75, 3.05) is 0 Å². The van der Waals surface area contributed by atoms with E-state index in [1.54, 1.807) is 0 Å². The number of carboxylic acids is 1.